The minimum atomic E-state index is -0.701. The minimum absolute atomic E-state index is 0.555. The van der Waals surface area contributed by atoms with Crippen LogP contribution < -0.4 is 0 Å². The van der Waals surface area contributed by atoms with Crippen molar-refractivity contribution in [2.24, 2.45) is 0 Å². The summed E-state index contributed by atoms with van der Waals surface area (Å²) in [7, 11) is 0. The van der Waals surface area contributed by atoms with Crippen molar-refractivity contribution in [1.29, 1.82) is 0 Å². The van der Waals surface area contributed by atoms with Gasteiger partial charge in [-0.15, -0.1) is 0 Å². The lowest BCUT2D eigenvalue weighted by Crippen LogP contribution is -2.07. The van der Waals surface area contributed by atoms with Crippen LogP contribution in [0.4, 0.5) is 0 Å². The van der Waals surface area contributed by atoms with Crippen LogP contribution in [0.3, 0.4) is 0 Å². The number of hydrogen-bond acceptors (Lipinski definition) is 3. The van der Waals surface area contributed by atoms with Gasteiger partial charge in [0, 0.05) is 0 Å². The van der Waals surface area contributed by atoms with Crippen molar-refractivity contribution in [3.63, 3.8) is 0 Å². The summed E-state index contributed by atoms with van der Waals surface area (Å²) in [6.45, 7) is 0. The molecule has 2 nitrogen and oxygen atoms in total. The maximum atomic E-state index is 11.0. The zero-order chi connectivity index (χ0) is 18.6. The zero-order valence-electron chi connectivity index (χ0n) is 15.9. The molecular formula is C24H30O2S. The topological polar surface area (TPSA) is 40.5 Å². The summed E-state index contributed by atoms with van der Waals surface area (Å²) in [6.07, 6.45) is 9.95. The van der Waals surface area contributed by atoms with Gasteiger partial charge in [-0.1, -0.05) is 86.0 Å². The monoisotopic (exact) mass is 382 g/mol. The molecule has 0 saturated heterocycles. The maximum Gasteiger partial charge on any atom is 0.128 e. The first-order valence-corrected chi connectivity index (χ1v) is 11.4. The van der Waals surface area contributed by atoms with Gasteiger partial charge in [0.05, 0.1) is 0 Å². The van der Waals surface area contributed by atoms with Gasteiger partial charge in [0.15, 0.2) is 0 Å². The fourth-order valence-electron chi connectivity index (χ4n) is 4.96. The third kappa shape index (κ3) is 4.26. The molecule has 4 rings (SSSR count). The van der Waals surface area contributed by atoms with Crippen LogP contribution in [0.5, 0.6) is 0 Å². The standard InChI is InChI=1S/C24H30O2S/c25-23(21-15-7-5-13-19(21)17-9-1-2-10-17)27-24(26)22-16-8-6-14-20(22)18-11-3-4-12-18/h5-8,13-18,23-26H,1-4,9-12H2. The van der Waals surface area contributed by atoms with Crippen LogP contribution in [0.1, 0.15) is 96.3 Å². The van der Waals surface area contributed by atoms with Crippen molar-refractivity contribution in [3.8, 4) is 0 Å². The Morgan fingerprint density at radius 1 is 0.630 bits per heavy atom. The molecule has 2 aliphatic rings. The van der Waals surface area contributed by atoms with E-state index in [0.717, 1.165) is 11.1 Å². The van der Waals surface area contributed by atoms with E-state index >= 15 is 0 Å². The number of thioether (sulfide) groups is 1. The van der Waals surface area contributed by atoms with Gasteiger partial charge in [0.25, 0.3) is 0 Å². The Bertz CT molecular complexity index is 684. The minimum Gasteiger partial charge on any atom is -0.378 e. The van der Waals surface area contributed by atoms with Crippen LogP contribution >= 0.6 is 11.8 Å². The average Bonchev–Trinajstić information content (AvgIpc) is 3.42. The molecule has 2 atom stereocenters. The molecule has 0 radical (unpaired) electrons. The lowest BCUT2D eigenvalue weighted by Gasteiger charge is -2.23. The number of aliphatic hydroxyl groups excluding tert-OH is 2. The maximum absolute atomic E-state index is 11.0. The second kappa shape index (κ2) is 8.81. The SMILES string of the molecule is OC(SC(O)c1ccccc1C1CCCC1)c1ccccc1C1CCCC1. The summed E-state index contributed by atoms with van der Waals surface area (Å²) in [4.78, 5) is 0. The second-order valence-electron chi connectivity index (χ2n) is 8.06. The Balaban J connectivity index is 1.53. The van der Waals surface area contributed by atoms with Crippen LogP contribution in [0, 0.1) is 0 Å². The van der Waals surface area contributed by atoms with Crippen LogP contribution in [-0.2, 0) is 0 Å². The van der Waals surface area contributed by atoms with Gasteiger partial charge >= 0.3 is 0 Å². The molecule has 2 unspecified atom stereocenters. The molecule has 2 N–H and O–H groups in total. The van der Waals surface area contributed by atoms with Crippen LogP contribution in [0.2, 0.25) is 0 Å². The summed E-state index contributed by atoms with van der Waals surface area (Å²) in [6, 6.07) is 16.5. The summed E-state index contributed by atoms with van der Waals surface area (Å²) in [5.41, 5.74) is 3.10. The molecule has 0 aromatic heterocycles. The van der Waals surface area contributed by atoms with Gasteiger partial charge in [-0.05, 0) is 59.8 Å². The normalized spacial score (nSPS) is 20.8. The van der Waals surface area contributed by atoms with Gasteiger partial charge < -0.3 is 10.2 Å². The third-order valence-electron chi connectivity index (χ3n) is 6.37. The number of aliphatic hydroxyl groups is 2. The van der Waals surface area contributed by atoms with Crippen molar-refractivity contribution in [2.45, 2.75) is 74.1 Å². The van der Waals surface area contributed by atoms with E-state index in [9.17, 15) is 10.2 Å². The Kier molecular flexibility index (Phi) is 6.21. The summed E-state index contributed by atoms with van der Waals surface area (Å²) < 4.78 is 0. The molecule has 27 heavy (non-hydrogen) atoms. The van der Waals surface area contributed by atoms with E-state index < -0.39 is 10.9 Å². The molecular weight excluding hydrogens is 352 g/mol. The first-order chi connectivity index (χ1) is 13.2. The van der Waals surface area contributed by atoms with Crippen molar-refractivity contribution in [2.75, 3.05) is 0 Å². The smallest absolute Gasteiger partial charge is 0.128 e. The van der Waals surface area contributed by atoms with E-state index in [4.69, 9.17) is 0 Å². The predicted molar refractivity (Wildman–Crippen MR) is 113 cm³/mol. The van der Waals surface area contributed by atoms with Gasteiger partial charge in [0.1, 0.15) is 10.9 Å². The van der Waals surface area contributed by atoms with E-state index in [-0.39, 0.29) is 0 Å². The molecule has 2 fully saturated rings. The highest BCUT2D eigenvalue weighted by Gasteiger charge is 2.27. The fraction of sp³-hybridized carbons (Fsp3) is 0.500. The van der Waals surface area contributed by atoms with Gasteiger partial charge in [-0.2, -0.15) is 0 Å². The van der Waals surface area contributed by atoms with E-state index in [0.29, 0.717) is 11.8 Å². The fourth-order valence-corrected chi connectivity index (χ4v) is 5.92. The van der Waals surface area contributed by atoms with Gasteiger partial charge in [-0.25, -0.2) is 0 Å². The van der Waals surface area contributed by atoms with E-state index in [2.05, 4.69) is 24.3 Å². The van der Waals surface area contributed by atoms with E-state index in [1.54, 1.807) is 0 Å². The Morgan fingerprint density at radius 3 is 1.41 bits per heavy atom. The first kappa shape index (κ1) is 19.0. The molecule has 2 aromatic carbocycles. The summed E-state index contributed by atoms with van der Waals surface area (Å²) in [5.74, 6) is 1.11. The molecule has 0 bridgehead atoms. The molecule has 0 spiro atoms. The van der Waals surface area contributed by atoms with Crippen LogP contribution in [-0.4, -0.2) is 10.2 Å². The Hall–Kier alpha value is -1.29. The number of rotatable bonds is 6. The van der Waals surface area contributed by atoms with Gasteiger partial charge in [-0.3, -0.25) is 0 Å². The molecule has 2 saturated carbocycles. The average molecular weight is 383 g/mol. The first-order valence-electron chi connectivity index (χ1n) is 10.4. The zero-order valence-corrected chi connectivity index (χ0v) is 16.7. The highest BCUT2D eigenvalue weighted by molar-refractivity contribution is 7.99. The lowest BCUT2D eigenvalue weighted by molar-refractivity contribution is 0.239. The highest BCUT2D eigenvalue weighted by atomic mass is 32.2. The van der Waals surface area contributed by atoms with Crippen molar-refractivity contribution in [1.82, 2.24) is 0 Å². The molecule has 0 heterocycles. The molecule has 3 heteroatoms. The second-order valence-corrected chi connectivity index (χ2v) is 9.23. The third-order valence-corrected chi connectivity index (χ3v) is 7.40. The van der Waals surface area contributed by atoms with Crippen LogP contribution in [0.15, 0.2) is 48.5 Å². The number of benzene rings is 2. The van der Waals surface area contributed by atoms with E-state index in [1.165, 1.54) is 74.3 Å². The Morgan fingerprint density at radius 2 is 1.00 bits per heavy atom. The van der Waals surface area contributed by atoms with Gasteiger partial charge in [0.2, 0.25) is 0 Å². The Labute approximate surface area is 167 Å². The molecule has 0 aliphatic heterocycles. The molecule has 144 valence electrons. The van der Waals surface area contributed by atoms with E-state index in [1.807, 2.05) is 24.3 Å². The van der Waals surface area contributed by atoms with Crippen molar-refractivity contribution in [3.05, 3.63) is 70.8 Å². The predicted octanol–water partition coefficient (Wildman–Crippen LogP) is 6.42. The number of hydrogen-bond donors (Lipinski definition) is 2. The largest absolute Gasteiger partial charge is 0.378 e. The molecule has 2 aliphatic carbocycles. The molecule has 2 aromatic rings. The quantitative estimate of drug-likeness (QED) is 0.567. The van der Waals surface area contributed by atoms with Crippen LogP contribution in [0.25, 0.3) is 0 Å². The lowest BCUT2D eigenvalue weighted by atomic mass is 9.93. The van der Waals surface area contributed by atoms with Crippen molar-refractivity contribution < 1.29 is 10.2 Å². The molecule has 0 amide bonds. The highest BCUT2D eigenvalue weighted by Crippen LogP contribution is 2.45. The summed E-state index contributed by atoms with van der Waals surface area (Å²) in [5, 5.41) is 21.9. The van der Waals surface area contributed by atoms with Crippen molar-refractivity contribution >= 4 is 11.8 Å². The summed E-state index contributed by atoms with van der Waals surface area (Å²) >= 11 is 1.26.